The van der Waals surface area contributed by atoms with Gasteiger partial charge in [0.25, 0.3) is 0 Å². The standard InChI is InChI=1S/C15H26N4OS/c1-5-17-14(19-10-15(3,4)13(16)20)18-9-11(2)12-7-6-8-21-12/h6-8,11H,5,9-10H2,1-4H3,(H2,16,20)(H2,17,18,19). The Morgan fingerprint density at radius 2 is 2.19 bits per heavy atom. The molecule has 0 spiro atoms. The summed E-state index contributed by atoms with van der Waals surface area (Å²) in [6, 6.07) is 4.20. The monoisotopic (exact) mass is 310 g/mol. The molecule has 4 N–H and O–H groups in total. The quantitative estimate of drug-likeness (QED) is 0.532. The van der Waals surface area contributed by atoms with E-state index >= 15 is 0 Å². The average molecular weight is 310 g/mol. The molecule has 6 heteroatoms. The van der Waals surface area contributed by atoms with Gasteiger partial charge in [0.05, 0.1) is 12.0 Å². The summed E-state index contributed by atoms with van der Waals surface area (Å²) in [5.41, 5.74) is 4.73. The molecule has 0 aliphatic heterocycles. The van der Waals surface area contributed by atoms with Gasteiger partial charge < -0.3 is 16.4 Å². The third kappa shape index (κ3) is 5.75. The lowest BCUT2D eigenvalue weighted by Gasteiger charge is -2.20. The van der Waals surface area contributed by atoms with Crippen LogP contribution < -0.4 is 16.4 Å². The maximum atomic E-state index is 11.3. The maximum absolute atomic E-state index is 11.3. The second-order valence-corrected chi connectivity index (χ2v) is 6.72. The molecular formula is C15H26N4OS. The highest BCUT2D eigenvalue weighted by Crippen LogP contribution is 2.19. The largest absolute Gasteiger partial charge is 0.369 e. The first-order valence-corrected chi connectivity index (χ1v) is 8.10. The molecule has 0 saturated carbocycles. The maximum Gasteiger partial charge on any atom is 0.224 e. The minimum atomic E-state index is -0.637. The Kier molecular flexibility index (Phi) is 6.68. The molecule has 0 aromatic carbocycles. The second kappa shape index (κ2) is 8.02. The Morgan fingerprint density at radius 1 is 1.48 bits per heavy atom. The molecule has 1 amide bonds. The number of aliphatic imine (C=N–C) groups is 1. The van der Waals surface area contributed by atoms with E-state index in [0.717, 1.165) is 19.0 Å². The molecule has 0 fully saturated rings. The summed E-state index contributed by atoms with van der Waals surface area (Å²) in [5, 5.41) is 8.58. The number of carbonyl (C=O) groups is 1. The van der Waals surface area contributed by atoms with Gasteiger partial charge >= 0.3 is 0 Å². The van der Waals surface area contributed by atoms with E-state index in [0.29, 0.717) is 12.5 Å². The van der Waals surface area contributed by atoms with Crippen LogP contribution in [0.3, 0.4) is 0 Å². The highest BCUT2D eigenvalue weighted by Gasteiger charge is 2.24. The molecule has 1 heterocycles. The lowest BCUT2D eigenvalue weighted by atomic mass is 9.93. The van der Waals surface area contributed by atoms with E-state index < -0.39 is 5.41 Å². The summed E-state index contributed by atoms with van der Waals surface area (Å²) in [4.78, 5) is 17.1. The Hall–Kier alpha value is -1.56. The third-order valence-electron chi connectivity index (χ3n) is 3.25. The van der Waals surface area contributed by atoms with Gasteiger partial charge in [0.15, 0.2) is 5.96 Å². The van der Waals surface area contributed by atoms with E-state index in [1.807, 2.05) is 6.92 Å². The van der Waals surface area contributed by atoms with Crippen LogP contribution in [-0.4, -0.2) is 31.5 Å². The van der Waals surface area contributed by atoms with E-state index in [1.54, 1.807) is 25.2 Å². The number of primary amides is 1. The van der Waals surface area contributed by atoms with Crippen LogP contribution in [0.15, 0.2) is 22.5 Å². The summed E-state index contributed by atoms with van der Waals surface area (Å²) < 4.78 is 0. The summed E-state index contributed by atoms with van der Waals surface area (Å²) in [7, 11) is 0. The first-order chi connectivity index (χ1) is 9.86. The van der Waals surface area contributed by atoms with Crippen LogP contribution in [0.1, 0.15) is 38.5 Å². The first kappa shape index (κ1) is 17.5. The van der Waals surface area contributed by atoms with Gasteiger partial charge in [0.1, 0.15) is 0 Å². The zero-order valence-electron chi connectivity index (χ0n) is 13.3. The van der Waals surface area contributed by atoms with E-state index in [-0.39, 0.29) is 5.91 Å². The van der Waals surface area contributed by atoms with Gasteiger partial charge in [-0.2, -0.15) is 0 Å². The van der Waals surface area contributed by atoms with Gasteiger partial charge in [0.2, 0.25) is 5.91 Å². The molecule has 0 bridgehead atoms. The molecule has 1 rings (SSSR count). The molecule has 1 atom stereocenters. The highest BCUT2D eigenvalue weighted by molar-refractivity contribution is 7.10. The molecule has 0 radical (unpaired) electrons. The Morgan fingerprint density at radius 3 is 2.71 bits per heavy atom. The van der Waals surface area contributed by atoms with Crippen molar-refractivity contribution in [3.63, 3.8) is 0 Å². The molecule has 0 aliphatic carbocycles. The van der Waals surface area contributed by atoms with Crippen molar-refractivity contribution in [3.05, 3.63) is 22.4 Å². The van der Waals surface area contributed by atoms with Crippen LogP contribution in [0.25, 0.3) is 0 Å². The van der Waals surface area contributed by atoms with Crippen LogP contribution in [0.4, 0.5) is 0 Å². The minimum absolute atomic E-state index is 0.339. The van der Waals surface area contributed by atoms with Crippen LogP contribution >= 0.6 is 11.3 Å². The fourth-order valence-electron chi connectivity index (χ4n) is 1.62. The van der Waals surface area contributed by atoms with Crippen molar-refractivity contribution in [2.45, 2.75) is 33.6 Å². The molecule has 21 heavy (non-hydrogen) atoms. The van der Waals surface area contributed by atoms with E-state index in [2.05, 4.69) is 40.1 Å². The highest BCUT2D eigenvalue weighted by atomic mass is 32.1. The normalized spacial score (nSPS) is 13.8. The minimum Gasteiger partial charge on any atom is -0.369 e. The number of amides is 1. The van der Waals surface area contributed by atoms with Gasteiger partial charge in [-0.15, -0.1) is 11.3 Å². The van der Waals surface area contributed by atoms with Crippen molar-refractivity contribution >= 4 is 23.2 Å². The van der Waals surface area contributed by atoms with Gasteiger partial charge in [-0.25, -0.2) is 0 Å². The molecule has 0 saturated heterocycles. The van der Waals surface area contributed by atoms with Crippen LogP contribution in [-0.2, 0) is 4.79 Å². The predicted octanol–water partition coefficient (Wildman–Crippen LogP) is 1.92. The van der Waals surface area contributed by atoms with Crippen LogP contribution in [0.2, 0.25) is 0 Å². The number of hydrogen-bond donors (Lipinski definition) is 3. The SMILES string of the molecule is CCNC(=NCC(C)(C)C(N)=O)NCC(C)c1cccs1. The first-order valence-electron chi connectivity index (χ1n) is 7.22. The summed E-state index contributed by atoms with van der Waals surface area (Å²) in [6.07, 6.45) is 0. The van der Waals surface area contributed by atoms with E-state index in [1.165, 1.54) is 4.88 Å². The fourth-order valence-corrected chi connectivity index (χ4v) is 2.41. The van der Waals surface area contributed by atoms with Gasteiger partial charge in [-0.05, 0) is 32.2 Å². The van der Waals surface area contributed by atoms with E-state index in [9.17, 15) is 4.79 Å². The zero-order valence-corrected chi connectivity index (χ0v) is 14.1. The number of thiophene rings is 1. The van der Waals surface area contributed by atoms with Crippen molar-refractivity contribution in [3.8, 4) is 0 Å². The molecule has 1 aromatic rings. The van der Waals surface area contributed by atoms with Crippen molar-refractivity contribution in [1.29, 1.82) is 0 Å². The molecule has 1 aromatic heterocycles. The van der Waals surface area contributed by atoms with Crippen molar-refractivity contribution in [1.82, 2.24) is 10.6 Å². The smallest absolute Gasteiger partial charge is 0.224 e. The lowest BCUT2D eigenvalue weighted by molar-refractivity contribution is -0.125. The number of rotatable bonds is 7. The third-order valence-corrected chi connectivity index (χ3v) is 4.35. The predicted molar refractivity (Wildman–Crippen MR) is 89.7 cm³/mol. The second-order valence-electron chi connectivity index (χ2n) is 5.74. The number of guanidine groups is 1. The van der Waals surface area contributed by atoms with Gasteiger partial charge in [-0.3, -0.25) is 9.79 Å². The molecule has 0 aliphatic rings. The van der Waals surface area contributed by atoms with E-state index in [4.69, 9.17) is 5.73 Å². The Balaban J connectivity index is 2.59. The summed E-state index contributed by atoms with van der Waals surface area (Å²) in [6.45, 7) is 9.73. The molecule has 118 valence electrons. The van der Waals surface area contributed by atoms with Crippen molar-refractivity contribution in [2.75, 3.05) is 19.6 Å². The van der Waals surface area contributed by atoms with Gasteiger partial charge in [0, 0.05) is 23.9 Å². The number of hydrogen-bond acceptors (Lipinski definition) is 3. The lowest BCUT2D eigenvalue weighted by Crippen LogP contribution is -2.41. The van der Waals surface area contributed by atoms with Crippen molar-refractivity contribution < 1.29 is 4.79 Å². The zero-order chi connectivity index (χ0) is 15.9. The number of carbonyl (C=O) groups excluding carboxylic acids is 1. The van der Waals surface area contributed by atoms with Gasteiger partial charge in [-0.1, -0.05) is 13.0 Å². The summed E-state index contributed by atoms with van der Waals surface area (Å²) >= 11 is 1.76. The molecule has 1 unspecified atom stereocenters. The molecular weight excluding hydrogens is 284 g/mol. The summed E-state index contributed by atoms with van der Waals surface area (Å²) in [5.74, 6) is 0.794. The number of nitrogens with one attached hydrogen (secondary N) is 2. The Bertz CT molecular complexity index is 468. The van der Waals surface area contributed by atoms with Crippen LogP contribution in [0.5, 0.6) is 0 Å². The Labute approximate surface area is 131 Å². The average Bonchev–Trinajstić information content (AvgIpc) is 2.95. The number of nitrogens with two attached hydrogens (primary N) is 1. The van der Waals surface area contributed by atoms with Crippen LogP contribution in [0, 0.1) is 5.41 Å². The topological polar surface area (TPSA) is 79.5 Å². The fraction of sp³-hybridized carbons (Fsp3) is 0.600. The van der Waals surface area contributed by atoms with Crippen molar-refractivity contribution in [2.24, 2.45) is 16.1 Å². The molecule has 5 nitrogen and oxygen atoms in total. The number of nitrogens with zero attached hydrogens (tertiary/aromatic N) is 1.